The summed E-state index contributed by atoms with van der Waals surface area (Å²) in [5.74, 6) is 0.467. The molecule has 0 unspecified atom stereocenters. The normalized spacial score (nSPS) is 11.0. The van der Waals surface area contributed by atoms with Crippen molar-refractivity contribution in [3.63, 3.8) is 0 Å². The van der Waals surface area contributed by atoms with Crippen molar-refractivity contribution >= 4 is 45.4 Å². The van der Waals surface area contributed by atoms with Gasteiger partial charge in [0.15, 0.2) is 5.58 Å². The summed E-state index contributed by atoms with van der Waals surface area (Å²) in [4.78, 5) is 21.4. The lowest BCUT2D eigenvalue weighted by Gasteiger charge is -2.04. The zero-order valence-corrected chi connectivity index (χ0v) is 16.8. The van der Waals surface area contributed by atoms with Crippen LogP contribution in [0, 0.1) is 0 Å². The number of rotatable bonds is 5. The van der Waals surface area contributed by atoms with E-state index in [1.165, 1.54) is 0 Å². The van der Waals surface area contributed by atoms with Gasteiger partial charge in [-0.3, -0.25) is 4.79 Å². The number of para-hydroxylation sites is 2. The van der Waals surface area contributed by atoms with Crippen LogP contribution in [0.3, 0.4) is 0 Å². The summed E-state index contributed by atoms with van der Waals surface area (Å²) in [5, 5.41) is 9.87. The molecule has 1 N–H and O–H groups in total. The van der Waals surface area contributed by atoms with Crippen LogP contribution in [0.15, 0.2) is 75.2 Å². The fraction of sp³-hybridized carbons (Fsp3) is 0.0455. The summed E-state index contributed by atoms with van der Waals surface area (Å²) in [5.41, 5.74) is 5.04. The van der Waals surface area contributed by atoms with Crippen LogP contribution in [0.4, 0.5) is 5.69 Å². The molecule has 0 aliphatic heterocycles. The number of amides is 1. The van der Waals surface area contributed by atoms with E-state index in [4.69, 9.17) is 4.42 Å². The second-order valence-electron chi connectivity index (χ2n) is 6.45. The van der Waals surface area contributed by atoms with Gasteiger partial charge in [-0.1, -0.05) is 12.1 Å². The molecule has 5 nitrogen and oxygen atoms in total. The number of anilines is 1. The largest absolute Gasteiger partial charge is 0.436 e. The highest BCUT2D eigenvalue weighted by atomic mass is 32.1. The maximum Gasteiger partial charge on any atom is 0.230 e. The molecular formula is C22H15N3O2S2. The van der Waals surface area contributed by atoms with Gasteiger partial charge in [-0.25, -0.2) is 9.97 Å². The first kappa shape index (κ1) is 17.8. The highest BCUT2D eigenvalue weighted by Crippen LogP contribution is 2.27. The lowest BCUT2D eigenvalue weighted by molar-refractivity contribution is -0.115. The molecule has 0 saturated carbocycles. The Morgan fingerprint density at radius 2 is 1.83 bits per heavy atom. The number of aromatic nitrogens is 2. The summed E-state index contributed by atoms with van der Waals surface area (Å²) >= 11 is 3.19. The minimum atomic E-state index is -0.0956. The molecular weight excluding hydrogens is 402 g/mol. The number of carbonyl (C=O) groups is 1. The maximum absolute atomic E-state index is 12.4. The van der Waals surface area contributed by atoms with Gasteiger partial charge in [0.1, 0.15) is 10.5 Å². The van der Waals surface area contributed by atoms with Crippen LogP contribution >= 0.6 is 22.7 Å². The third-order valence-electron chi connectivity index (χ3n) is 4.37. The topological polar surface area (TPSA) is 68.0 Å². The van der Waals surface area contributed by atoms with Crippen molar-refractivity contribution in [1.29, 1.82) is 0 Å². The number of thiophene rings is 1. The quantitative estimate of drug-likeness (QED) is 0.389. The van der Waals surface area contributed by atoms with Crippen LogP contribution in [0.2, 0.25) is 0 Å². The average molecular weight is 418 g/mol. The lowest BCUT2D eigenvalue weighted by Crippen LogP contribution is -2.14. The van der Waals surface area contributed by atoms with Gasteiger partial charge in [-0.05, 0) is 47.8 Å². The van der Waals surface area contributed by atoms with Crippen molar-refractivity contribution in [3.8, 4) is 22.0 Å². The van der Waals surface area contributed by atoms with E-state index in [0.717, 1.165) is 38.6 Å². The number of benzene rings is 2. The molecule has 0 saturated heterocycles. The van der Waals surface area contributed by atoms with E-state index in [-0.39, 0.29) is 12.3 Å². The van der Waals surface area contributed by atoms with Crippen molar-refractivity contribution in [1.82, 2.24) is 9.97 Å². The Kier molecular flexibility index (Phi) is 4.67. The van der Waals surface area contributed by atoms with Gasteiger partial charge in [0.25, 0.3) is 0 Å². The Balaban J connectivity index is 1.25. The number of fused-ring (bicyclic) bond motifs is 1. The third-order valence-corrected chi connectivity index (χ3v) is 5.99. The van der Waals surface area contributed by atoms with Crippen LogP contribution in [-0.4, -0.2) is 15.9 Å². The van der Waals surface area contributed by atoms with Crippen LogP contribution < -0.4 is 5.32 Å². The summed E-state index contributed by atoms with van der Waals surface area (Å²) in [7, 11) is 0. The molecule has 3 heterocycles. The molecule has 0 fully saturated rings. The third kappa shape index (κ3) is 3.83. The van der Waals surface area contributed by atoms with Gasteiger partial charge >= 0.3 is 0 Å². The zero-order chi connectivity index (χ0) is 19.6. The molecule has 1 amide bonds. The minimum absolute atomic E-state index is 0.0956. The first-order valence-electron chi connectivity index (χ1n) is 8.97. The van der Waals surface area contributed by atoms with Crippen molar-refractivity contribution in [2.24, 2.45) is 0 Å². The van der Waals surface area contributed by atoms with Gasteiger partial charge < -0.3 is 9.73 Å². The molecule has 5 rings (SSSR count). The first-order valence-corrected chi connectivity index (χ1v) is 10.8. The van der Waals surface area contributed by atoms with Crippen LogP contribution in [-0.2, 0) is 11.2 Å². The lowest BCUT2D eigenvalue weighted by atomic mass is 10.2. The van der Waals surface area contributed by atoms with E-state index in [1.807, 2.05) is 65.4 Å². The van der Waals surface area contributed by atoms with E-state index in [0.29, 0.717) is 5.89 Å². The van der Waals surface area contributed by atoms with E-state index in [2.05, 4.69) is 20.7 Å². The van der Waals surface area contributed by atoms with Crippen molar-refractivity contribution < 1.29 is 9.21 Å². The summed E-state index contributed by atoms with van der Waals surface area (Å²) in [6.07, 6.45) is 0.244. The summed E-state index contributed by atoms with van der Waals surface area (Å²) < 4.78 is 5.78. The molecule has 0 bridgehead atoms. The van der Waals surface area contributed by atoms with Crippen molar-refractivity contribution in [2.45, 2.75) is 6.42 Å². The Labute approximate surface area is 174 Å². The predicted octanol–water partition coefficient (Wildman–Crippen LogP) is 5.86. The Bertz CT molecular complexity index is 1240. The number of oxazole rings is 1. The monoisotopic (exact) mass is 417 g/mol. The maximum atomic E-state index is 12.4. The molecule has 5 aromatic rings. The first-order chi connectivity index (χ1) is 14.2. The van der Waals surface area contributed by atoms with E-state index >= 15 is 0 Å². The molecule has 0 aliphatic carbocycles. The summed E-state index contributed by atoms with van der Waals surface area (Å²) in [6, 6.07) is 17.2. The van der Waals surface area contributed by atoms with Gasteiger partial charge in [-0.2, -0.15) is 11.3 Å². The van der Waals surface area contributed by atoms with Crippen molar-refractivity contribution in [2.75, 3.05) is 5.32 Å². The van der Waals surface area contributed by atoms with Crippen LogP contribution in [0.25, 0.3) is 33.1 Å². The molecule has 0 atom stereocenters. The zero-order valence-electron chi connectivity index (χ0n) is 15.2. The highest BCUT2D eigenvalue weighted by Gasteiger charge is 2.11. The number of carbonyl (C=O) groups excluding carboxylic acids is 1. The average Bonchev–Trinajstić information content (AvgIpc) is 3.48. The van der Waals surface area contributed by atoms with E-state index in [1.54, 1.807) is 22.7 Å². The molecule has 0 spiro atoms. The Hall–Kier alpha value is -3.29. The second-order valence-corrected chi connectivity index (χ2v) is 8.08. The fourth-order valence-corrected chi connectivity index (χ4v) is 4.50. The fourth-order valence-electron chi connectivity index (χ4n) is 2.97. The molecule has 7 heteroatoms. The molecule has 0 radical (unpaired) electrons. The number of hydrogen-bond acceptors (Lipinski definition) is 6. The van der Waals surface area contributed by atoms with Gasteiger partial charge in [0.05, 0.1) is 12.1 Å². The minimum Gasteiger partial charge on any atom is -0.436 e. The predicted molar refractivity (Wildman–Crippen MR) is 117 cm³/mol. The van der Waals surface area contributed by atoms with Gasteiger partial charge in [0, 0.05) is 27.6 Å². The van der Waals surface area contributed by atoms with E-state index in [9.17, 15) is 4.79 Å². The summed E-state index contributed by atoms with van der Waals surface area (Å²) in [6.45, 7) is 0. The smallest absolute Gasteiger partial charge is 0.230 e. The molecule has 2 aromatic carbocycles. The highest BCUT2D eigenvalue weighted by molar-refractivity contribution is 7.14. The van der Waals surface area contributed by atoms with Crippen molar-refractivity contribution in [3.05, 3.63) is 76.4 Å². The molecule has 0 aliphatic rings. The molecule has 3 aromatic heterocycles. The Morgan fingerprint density at radius 3 is 2.62 bits per heavy atom. The second kappa shape index (κ2) is 7.62. The molecule has 142 valence electrons. The van der Waals surface area contributed by atoms with Gasteiger partial charge in [-0.15, -0.1) is 11.3 Å². The Morgan fingerprint density at radius 1 is 0.966 bits per heavy atom. The standard InChI is InChI=1S/C22H15N3O2S2/c26-20(11-17-13-29-22(24-17)15-9-10-28-12-15)23-16-7-5-14(6-8-16)21-25-18-3-1-2-4-19(18)27-21/h1-10,12-13H,11H2,(H,23,26). The molecule has 29 heavy (non-hydrogen) atoms. The van der Waals surface area contributed by atoms with E-state index < -0.39 is 0 Å². The number of hydrogen-bond donors (Lipinski definition) is 1. The number of nitrogens with zero attached hydrogens (tertiary/aromatic N) is 2. The number of thiazole rings is 1. The van der Waals surface area contributed by atoms with Crippen LogP contribution in [0.5, 0.6) is 0 Å². The van der Waals surface area contributed by atoms with Crippen LogP contribution in [0.1, 0.15) is 5.69 Å². The van der Waals surface area contributed by atoms with Gasteiger partial charge in [0.2, 0.25) is 11.8 Å². The SMILES string of the molecule is O=C(Cc1csc(-c2ccsc2)n1)Nc1ccc(-c2nc3ccccc3o2)cc1. The number of nitrogens with one attached hydrogen (secondary N) is 1.